The van der Waals surface area contributed by atoms with Crippen molar-refractivity contribution < 1.29 is 14.3 Å². The quantitative estimate of drug-likeness (QED) is 0.736. The third-order valence-corrected chi connectivity index (χ3v) is 6.53. The predicted octanol–water partition coefficient (Wildman–Crippen LogP) is 3.80. The second-order valence-electron chi connectivity index (χ2n) is 8.40. The summed E-state index contributed by atoms with van der Waals surface area (Å²) in [6.45, 7) is 4.10. The van der Waals surface area contributed by atoms with Crippen LogP contribution in [0.3, 0.4) is 0 Å². The molecule has 0 radical (unpaired) electrons. The Bertz CT molecular complexity index is 612. The van der Waals surface area contributed by atoms with Gasteiger partial charge < -0.3 is 14.8 Å². The van der Waals surface area contributed by atoms with E-state index in [0.29, 0.717) is 6.04 Å². The molecule has 1 aromatic rings. The summed E-state index contributed by atoms with van der Waals surface area (Å²) in [5.74, 6) is 2.64. The fraction of sp³-hybridized carbons (Fsp3) is 0.696. The van der Waals surface area contributed by atoms with Gasteiger partial charge in [0, 0.05) is 12.1 Å². The molecule has 5 nitrogen and oxygen atoms in total. The van der Waals surface area contributed by atoms with Crippen molar-refractivity contribution in [1.82, 2.24) is 10.2 Å². The number of carbonyl (C=O) groups is 1. The normalized spacial score (nSPS) is 20.1. The van der Waals surface area contributed by atoms with Gasteiger partial charge in [0.2, 0.25) is 5.91 Å². The number of aryl methyl sites for hydroxylation is 1. The van der Waals surface area contributed by atoms with Crippen LogP contribution in [0.15, 0.2) is 18.2 Å². The summed E-state index contributed by atoms with van der Waals surface area (Å²) < 4.78 is 10.7. The van der Waals surface area contributed by atoms with Crippen LogP contribution in [0, 0.1) is 5.92 Å². The van der Waals surface area contributed by atoms with E-state index in [1.165, 1.54) is 37.7 Å². The summed E-state index contributed by atoms with van der Waals surface area (Å²) >= 11 is 0. The van der Waals surface area contributed by atoms with Crippen molar-refractivity contribution in [3.05, 3.63) is 23.8 Å². The molecule has 156 valence electrons. The van der Waals surface area contributed by atoms with E-state index in [4.69, 9.17) is 9.47 Å². The van der Waals surface area contributed by atoms with Gasteiger partial charge in [-0.1, -0.05) is 12.8 Å². The van der Waals surface area contributed by atoms with Gasteiger partial charge in [0.25, 0.3) is 0 Å². The number of hydrogen-bond donors (Lipinski definition) is 1. The highest BCUT2D eigenvalue weighted by molar-refractivity contribution is 5.81. The van der Waals surface area contributed by atoms with E-state index in [9.17, 15) is 4.79 Å². The summed E-state index contributed by atoms with van der Waals surface area (Å²) in [7, 11) is 3.39. The zero-order chi connectivity index (χ0) is 19.9. The Morgan fingerprint density at radius 1 is 1.07 bits per heavy atom. The summed E-state index contributed by atoms with van der Waals surface area (Å²) in [5.41, 5.74) is 1.27. The number of carbonyl (C=O) groups excluding carboxylic acids is 1. The Balaban J connectivity index is 1.43. The van der Waals surface area contributed by atoms with Crippen LogP contribution in [0.1, 0.15) is 57.4 Å². The van der Waals surface area contributed by atoms with Crippen LogP contribution in [0.25, 0.3) is 0 Å². The van der Waals surface area contributed by atoms with E-state index in [2.05, 4.69) is 29.3 Å². The molecule has 0 aromatic heterocycles. The van der Waals surface area contributed by atoms with Crippen molar-refractivity contribution >= 4 is 5.91 Å². The maximum atomic E-state index is 12.5. The minimum atomic E-state index is -0.0100. The van der Waals surface area contributed by atoms with Crippen LogP contribution in [-0.4, -0.2) is 50.2 Å². The third-order valence-electron chi connectivity index (χ3n) is 6.53. The third kappa shape index (κ3) is 5.63. The fourth-order valence-electron chi connectivity index (χ4n) is 4.57. The molecule has 3 rings (SSSR count). The van der Waals surface area contributed by atoms with Gasteiger partial charge in [-0.3, -0.25) is 9.69 Å². The summed E-state index contributed by atoms with van der Waals surface area (Å²) in [5, 5.41) is 3.25. The van der Waals surface area contributed by atoms with Crippen molar-refractivity contribution in [3.8, 4) is 11.5 Å². The number of hydrogen-bond acceptors (Lipinski definition) is 4. The SMILES string of the molecule is COc1cc(CCC2CCN(C(C)C(=O)NC3CCCC3)CC2)cc(OC)c1. The molecular formula is C23H36N2O3. The molecule has 1 aliphatic heterocycles. The van der Waals surface area contributed by atoms with Gasteiger partial charge in [0.1, 0.15) is 11.5 Å². The zero-order valence-electron chi connectivity index (χ0n) is 17.7. The van der Waals surface area contributed by atoms with Crippen molar-refractivity contribution in [3.63, 3.8) is 0 Å². The average molecular weight is 389 g/mol. The highest BCUT2D eigenvalue weighted by atomic mass is 16.5. The van der Waals surface area contributed by atoms with Crippen molar-refractivity contribution in [2.75, 3.05) is 27.3 Å². The van der Waals surface area contributed by atoms with E-state index < -0.39 is 0 Å². The molecule has 28 heavy (non-hydrogen) atoms. The minimum Gasteiger partial charge on any atom is -0.497 e. The molecule has 1 unspecified atom stereocenters. The first kappa shape index (κ1) is 21.0. The van der Waals surface area contributed by atoms with Crippen LogP contribution in [0.4, 0.5) is 0 Å². The van der Waals surface area contributed by atoms with Gasteiger partial charge in [-0.15, -0.1) is 0 Å². The molecule has 1 N–H and O–H groups in total. The lowest BCUT2D eigenvalue weighted by atomic mass is 9.90. The number of piperidine rings is 1. The molecule has 1 atom stereocenters. The van der Waals surface area contributed by atoms with Crippen molar-refractivity contribution in [1.29, 1.82) is 0 Å². The van der Waals surface area contributed by atoms with E-state index in [1.54, 1.807) is 14.2 Å². The molecule has 1 saturated carbocycles. The van der Waals surface area contributed by atoms with Gasteiger partial charge in [0.05, 0.1) is 20.3 Å². The van der Waals surface area contributed by atoms with Gasteiger partial charge in [-0.05, 0) is 82.2 Å². The van der Waals surface area contributed by atoms with Crippen LogP contribution >= 0.6 is 0 Å². The Morgan fingerprint density at radius 2 is 1.68 bits per heavy atom. The lowest BCUT2D eigenvalue weighted by Crippen LogP contribution is -2.50. The van der Waals surface area contributed by atoms with Gasteiger partial charge >= 0.3 is 0 Å². The number of nitrogens with zero attached hydrogens (tertiary/aromatic N) is 1. The van der Waals surface area contributed by atoms with Crippen LogP contribution < -0.4 is 14.8 Å². The largest absolute Gasteiger partial charge is 0.497 e. The standard InChI is InChI=1S/C23H36N2O3/c1-17(23(26)24-20-6-4-5-7-20)25-12-10-18(11-13-25)8-9-19-14-21(27-2)16-22(15-19)28-3/h14-18,20H,4-13H2,1-3H3,(H,24,26). The Hall–Kier alpha value is -1.75. The molecule has 2 fully saturated rings. The maximum Gasteiger partial charge on any atom is 0.237 e. The molecule has 1 amide bonds. The molecule has 2 aliphatic rings. The molecule has 5 heteroatoms. The molecule has 1 saturated heterocycles. The second-order valence-corrected chi connectivity index (χ2v) is 8.40. The number of methoxy groups -OCH3 is 2. The lowest BCUT2D eigenvalue weighted by molar-refractivity contribution is -0.127. The van der Waals surface area contributed by atoms with Gasteiger partial charge in [-0.2, -0.15) is 0 Å². The molecule has 0 bridgehead atoms. The highest BCUT2D eigenvalue weighted by Crippen LogP contribution is 2.27. The monoisotopic (exact) mass is 388 g/mol. The second kappa shape index (κ2) is 10.1. The molecule has 0 spiro atoms. The Kier molecular flexibility index (Phi) is 7.60. The summed E-state index contributed by atoms with van der Waals surface area (Å²) in [4.78, 5) is 14.9. The Labute approximate surface area is 169 Å². The van der Waals surface area contributed by atoms with Gasteiger partial charge in [0.15, 0.2) is 0 Å². The molecular weight excluding hydrogens is 352 g/mol. The predicted molar refractivity (Wildman–Crippen MR) is 112 cm³/mol. The molecule has 1 aromatic carbocycles. The number of benzene rings is 1. The Morgan fingerprint density at radius 3 is 2.25 bits per heavy atom. The van der Waals surface area contributed by atoms with Crippen LogP contribution in [0.2, 0.25) is 0 Å². The first-order valence-electron chi connectivity index (χ1n) is 10.9. The topological polar surface area (TPSA) is 50.8 Å². The molecule has 1 heterocycles. The number of amides is 1. The zero-order valence-corrected chi connectivity index (χ0v) is 17.7. The maximum absolute atomic E-state index is 12.5. The number of nitrogens with one attached hydrogen (secondary N) is 1. The lowest BCUT2D eigenvalue weighted by Gasteiger charge is -2.35. The summed E-state index contributed by atoms with van der Waals surface area (Å²) in [6.07, 6.45) is 9.35. The molecule has 1 aliphatic carbocycles. The number of likely N-dealkylation sites (tertiary alicyclic amines) is 1. The van der Waals surface area contributed by atoms with E-state index >= 15 is 0 Å². The first-order valence-corrected chi connectivity index (χ1v) is 10.9. The minimum absolute atomic E-state index is 0.0100. The van der Waals surface area contributed by atoms with E-state index in [1.807, 2.05) is 6.07 Å². The smallest absolute Gasteiger partial charge is 0.237 e. The van der Waals surface area contributed by atoms with Crippen LogP contribution in [0.5, 0.6) is 11.5 Å². The average Bonchev–Trinajstić information content (AvgIpc) is 3.24. The van der Waals surface area contributed by atoms with E-state index in [-0.39, 0.29) is 11.9 Å². The fourth-order valence-corrected chi connectivity index (χ4v) is 4.57. The number of rotatable bonds is 8. The highest BCUT2D eigenvalue weighted by Gasteiger charge is 2.28. The summed E-state index contributed by atoms with van der Waals surface area (Å²) in [6, 6.07) is 6.52. The van der Waals surface area contributed by atoms with E-state index in [0.717, 1.165) is 49.8 Å². The van der Waals surface area contributed by atoms with Crippen molar-refractivity contribution in [2.24, 2.45) is 5.92 Å². The van der Waals surface area contributed by atoms with Crippen LogP contribution in [-0.2, 0) is 11.2 Å². The first-order chi connectivity index (χ1) is 13.6. The van der Waals surface area contributed by atoms with Gasteiger partial charge in [-0.25, -0.2) is 0 Å². The number of ether oxygens (including phenoxy) is 2. The van der Waals surface area contributed by atoms with Crippen molar-refractivity contribution in [2.45, 2.75) is 70.4 Å².